The number of hydrogen-bond donors (Lipinski definition) is 1. The number of ether oxygens (including phenoxy) is 1. The number of rotatable bonds is 0. The fraction of sp³-hybridized carbons (Fsp3) is 1.00. The van der Waals surface area contributed by atoms with Crippen molar-refractivity contribution in [2.24, 2.45) is 5.73 Å². The van der Waals surface area contributed by atoms with Gasteiger partial charge in [-0.2, -0.15) is 0 Å². The maximum atomic E-state index is 5.31. The zero-order chi connectivity index (χ0) is 7.98. The summed E-state index contributed by atoms with van der Waals surface area (Å²) in [5.41, 5.74) is 4.50. The smallest absolute Gasteiger partial charge is 0.0674 e. The summed E-state index contributed by atoms with van der Waals surface area (Å²) in [5, 5.41) is 0. The van der Waals surface area contributed by atoms with E-state index in [4.69, 9.17) is 4.74 Å². The molecular formula is C7H18N2O. The molecule has 0 bridgehead atoms. The van der Waals surface area contributed by atoms with Crippen molar-refractivity contribution < 1.29 is 4.74 Å². The molecule has 1 aliphatic heterocycles. The maximum absolute atomic E-state index is 5.31. The van der Waals surface area contributed by atoms with Gasteiger partial charge in [0.1, 0.15) is 0 Å². The summed E-state index contributed by atoms with van der Waals surface area (Å²) in [6.45, 7) is 5.18. The summed E-state index contributed by atoms with van der Waals surface area (Å²) in [5.74, 6) is 0. The predicted molar refractivity (Wildman–Crippen MR) is 43.0 cm³/mol. The molecule has 1 heterocycles. The van der Waals surface area contributed by atoms with Gasteiger partial charge in [-0.25, -0.2) is 0 Å². The van der Waals surface area contributed by atoms with Crippen molar-refractivity contribution in [2.45, 2.75) is 13.0 Å². The van der Waals surface area contributed by atoms with Gasteiger partial charge in [0.2, 0.25) is 0 Å². The van der Waals surface area contributed by atoms with E-state index in [-0.39, 0.29) is 0 Å². The van der Waals surface area contributed by atoms with Crippen LogP contribution in [0.3, 0.4) is 0 Å². The molecule has 0 aromatic rings. The van der Waals surface area contributed by atoms with E-state index in [1.807, 2.05) is 0 Å². The Bertz CT molecular complexity index is 70.0. The van der Waals surface area contributed by atoms with Crippen LogP contribution in [0.4, 0.5) is 0 Å². The molecule has 1 atom stereocenters. The van der Waals surface area contributed by atoms with E-state index in [2.05, 4.69) is 24.6 Å². The van der Waals surface area contributed by atoms with Crippen LogP contribution in [0.2, 0.25) is 0 Å². The first-order chi connectivity index (χ1) is 4.79. The normalized spacial score (nSPS) is 27.0. The lowest BCUT2D eigenvalue weighted by Gasteiger charge is -2.27. The molecule has 0 aliphatic carbocycles. The predicted octanol–water partition coefficient (Wildman–Crippen LogP) is -0.0882. The number of hydrogen-bond acceptors (Lipinski definition) is 3. The van der Waals surface area contributed by atoms with Gasteiger partial charge in [0.15, 0.2) is 0 Å². The molecule has 3 nitrogen and oxygen atoms in total. The number of morpholine rings is 1. The van der Waals surface area contributed by atoms with Gasteiger partial charge in [-0.15, -0.1) is 0 Å². The average Bonchev–Trinajstić information content (AvgIpc) is 1.91. The molecule has 1 rings (SSSR count). The highest BCUT2D eigenvalue weighted by molar-refractivity contribution is 4.62. The number of likely N-dealkylation sites (N-methyl/N-ethyl adjacent to an activating group) is 1. The molecule has 0 aromatic heterocycles. The van der Waals surface area contributed by atoms with Crippen LogP contribution in [-0.4, -0.2) is 44.8 Å². The molecule has 62 valence electrons. The van der Waals surface area contributed by atoms with Crippen molar-refractivity contribution in [1.82, 2.24) is 4.90 Å². The summed E-state index contributed by atoms with van der Waals surface area (Å²) in [7, 11) is 3.62. The van der Waals surface area contributed by atoms with E-state index in [1.54, 1.807) is 0 Å². The van der Waals surface area contributed by atoms with Crippen LogP contribution >= 0.6 is 0 Å². The van der Waals surface area contributed by atoms with Gasteiger partial charge in [0, 0.05) is 13.1 Å². The molecule has 0 saturated carbocycles. The van der Waals surface area contributed by atoms with Gasteiger partial charge in [0.25, 0.3) is 0 Å². The Balaban J connectivity index is 0.000000371. The Kier molecular flexibility index (Phi) is 5.58. The van der Waals surface area contributed by atoms with Gasteiger partial charge in [-0.3, -0.25) is 0 Å². The lowest BCUT2D eigenvalue weighted by molar-refractivity contribution is -0.00861. The molecule has 3 heteroatoms. The molecule has 2 N–H and O–H groups in total. The van der Waals surface area contributed by atoms with Crippen molar-refractivity contribution in [3.8, 4) is 0 Å². The van der Waals surface area contributed by atoms with E-state index in [0.717, 1.165) is 19.7 Å². The summed E-state index contributed by atoms with van der Waals surface area (Å²) in [4.78, 5) is 2.29. The molecule has 1 saturated heterocycles. The zero-order valence-corrected chi connectivity index (χ0v) is 7.13. The van der Waals surface area contributed by atoms with Crippen molar-refractivity contribution >= 4 is 0 Å². The molecule has 0 spiro atoms. The minimum Gasteiger partial charge on any atom is -0.376 e. The van der Waals surface area contributed by atoms with Crippen molar-refractivity contribution in [1.29, 1.82) is 0 Å². The number of nitrogens with zero attached hydrogens (tertiary/aromatic N) is 1. The van der Waals surface area contributed by atoms with E-state index in [1.165, 1.54) is 7.05 Å². The Labute approximate surface area is 63.1 Å². The van der Waals surface area contributed by atoms with E-state index in [0.29, 0.717) is 6.10 Å². The minimum atomic E-state index is 0.439. The van der Waals surface area contributed by atoms with Crippen molar-refractivity contribution in [3.05, 3.63) is 0 Å². The Hall–Kier alpha value is -0.120. The third-order valence-corrected chi connectivity index (χ3v) is 1.44. The quantitative estimate of drug-likeness (QED) is 0.519. The van der Waals surface area contributed by atoms with Crippen molar-refractivity contribution in [3.63, 3.8) is 0 Å². The largest absolute Gasteiger partial charge is 0.376 e. The van der Waals surface area contributed by atoms with Crippen LogP contribution in [0.15, 0.2) is 0 Å². The van der Waals surface area contributed by atoms with Gasteiger partial charge in [0.05, 0.1) is 12.7 Å². The van der Waals surface area contributed by atoms with Gasteiger partial charge in [-0.1, -0.05) is 0 Å². The average molecular weight is 146 g/mol. The first-order valence-corrected chi connectivity index (χ1v) is 3.67. The first kappa shape index (κ1) is 9.88. The highest BCUT2D eigenvalue weighted by Crippen LogP contribution is 1.99. The van der Waals surface area contributed by atoms with E-state index < -0.39 is 0 Å². The second-order valence-corrected chi connectivity index (χ2v) is 2.44. The van der Waals surface area contributed by atoms with Crippen LogP contribution in [-0.2, 0) is 4.74 Å². The third-order valence-electron chi connectivity index (χ3n) is 1.44. The molecule has 0 radical (unpaired) electrons. The Morgan fingerprint density at radius 2 is 2.10 bits per heavy atom. The fourth-order valence-corrected chi connectivity index (χ4v) is 0.993. The monoisotopic (exact) mass is 146 g/mol. The molecule has 10 heavy (non-hydrogen) atoms. The molecule has 0 amide bonds. The van der Waals surface area contributed by atoms with Gasteiger partial charge >= 0.3 is 0 Å². The molecule has 1 unspecified atom stereocenters. The fourth-order valence-electron chi connectivity index (χ4n) is 0.993. The van der Waals surface area contributed by atoms with Crippen LogP contribution < -0.4 is 5.73 Å². The molecular weight excluding hydrogens is 128 g/mol. The van der Waals surface area contributed by atoms with Gasteiger partial charge in [-0.05, 0) is 21.0 Å². The zero-order valence-electron chi connectivity index (χ0n) is 7.13. The summed E-state index contributed by atoms with van der Waals surface area (Å²) in [6.07, 6.45) is 0.439. The third kappa shape index (κ3) is 3.82. The highest BCUT2D eigenvalue weighted by atomic mass is 16.5. The van der Waals surface area contributed by atoms with Crippen LogP contribution in [0.5, 0.6) is 0 Å². The van der Waals surface area contributed by atoms with E-state index >= 15 is 0 Å². The topological polar surface area (TPSA) is 38.5 Å². The molecule has 0 aromatic carbocycles. The SMILES string of the molecule is CC1CN(C)CCO1.CN. The van der Waals surface area contributed by atoms with E-state index in [9.17, 15) is 0 Å². The van der Waals surface area contributed by atoms with Crippen LogP contribution in [0.1, 0.15) is 6.92 Å². The van der Waals surface area contributed by atoms with Crippen LogP contribution in [0.25, 0.3) is 0 Å². The lowest BCUT2D eigenvalue weighted by atomic mass is 10.3. The second kappa shape index (κ2) is 5.65. The first-order valence-electron chi connectivity index (χ1n) is 3.67. The summed E-state index contributed by atoms with van der Waals surface area (Å²) < 4.78 is 5.31. The second-order valence-electron chi connectivity index (χ2n) is 2.44. The number of nitrogens with two attached hydrogens (primary N) is 1. The standard InChI is InChI=1S/C6H13NO.CH5N/c1-6-5-7(2)3-4-8-6;1-2/h6H,3-5H2,1-2H3;2H2,1H3. The van der Waals surface area contributed by atoms with Crippen LogP contribution in [0, 0.1) is 0 Å². The molecule has 1 fully saturated rings. The Morgan fingerprint density at radius 3 is 2.40 bits per heavy atom. The lowest BCUT2D eigenvalue weighted by Crippen LogP contribution is -2.38. The summed E-state index contributed by atoms with van der Waals surface area (Å²) >= 11 is 0. The van der Waals surface area contributed by atoms with Crippen molar-refractivity contribution in [2.75, 3.05) is 33.8 Å². The van der Waals surface area contributed by atoms with Gasteiger partial charge < -0.3 is 15.4 Å². The molecule has 1 aliphatic rings. The summed E-state index contributed by atoms with van der Waals surface area (Å²) in [6, 6.07) is 0. The minimum absolute atomic E-state index is 0.439. The highest BCUT2D eigenvalue weighted by Gasteiger charge is 2.11. The maximum Gasteiger partial charge on any atom is 0.0674 e. The Morgan fingerprint density at radius 1 is 1.50 bits per heavy atom.